The third-order valence-electron chi connectivity index (χ3n) is 3.99. The highest BCUT2D eigenvalue weighted by atomic mass is 15.2. The summed E-state index contributed by atoms with van der Waals surface area (Å²) in [4.78, 5) is 2.49. The summed E-state index contributed by atoms with van der Waals surface area (Å²) in [5.41, 5.74) is 5.95. The van der Waals surface area contributed by atoms with Crippen LogP contribution in [-0.2, 0) is 0 Å². The van der Waals surface area contributed by atoms with Crippen molar-refractivity contribution in [3.63, 3.8) is 0 Å². The van der Waals surface area contributed by atoms with Crippen molar-refractivity contribution in [2.24, 2.45) is 11.7 Å². The second-order valence-electron chi connectivity index (χ2n) is 5.09. The first-order chi connectivity index (χ1) is 6.54. The molecule has 0 saturated heterocycles. The fraction of sp³-hybridized carbons (Fsp3) is 1.00. The van der Waals surface area contributed by atoms with Crippen LogP contribution < -0.4 is 5.73 Å². The van der Waals surface area contributed by atoms with E-state index in [9.17, 15) is 0 Å². The highest BCUT2D eigenvalue weighted by molar-refractivity contribution is 4.84. The third-order valence-corrected chi connectivity index (χ3v) is 3.99. The van der Waals surface area contributed by atoms with Gasteiger partial charge in [0.15, 0.2) is 0 Å². The van der Waals surface area contributed by atoms with Gasteiger partial charge in [-0.05, 0) is 39.7 Å². The number of rotatable bonds is 3. The molecule has 4 atom stereocenters. The number of hydrogen-bond donors (Lipinski definition) is 1. The molecule has 14 heavy (non-hydrogen) atoms. The molecule has 1 saturated carbocycles. The fourth-order valence-electron chi connectivity index (χ4n) is 2.57. The van der Waals surface area contributed by atoms with E-state index in [0.717, 1.165) is 12.0 Å². The van der Waals surface area contributed by atoms with Crippen molar-refractivity contribution in [2.75, 3.05) is 7.05 Å². The van der Waals surface area contributed by atoms with Crippen molar-refractivity contribution in [3.8, 4) is 0 Å². The maximum absolute atomic E-state index is 5.95. The summed E-state index contributed by atoms with van der Waals surface area (Å²) in [6, 6.07) is 1.53. The smallest absolute Gasteiger partial charge is 0.0216 e. The summed E-state index contributed by atoms with van der Waals surface area (Å²) in [5, 5.41) is 0. The zero-order valence-electron chi connectivity index (χ0n) is 10.2. The van der Waals surface area contributed by atoms with Gasteiger partial charge < -0.3 is 5.73 Å². The number of nitrogens with two attached hydrogens (primary N) is 1. The van der Waals surface area contributed by atoms with E-state index in [1.807, 2.05) is 0 Å². The Morgan fingerprint density at radius 3 is 2.29 bits per heavy atom. The summed E-state index contributed by atoms with van der Waals surface area (Å²) in [5.74, 6) is 0.843. The molecular weight excluding hydrogens is 172 g/mol. The van der Waals surface area contributed by atoms with Gasteiger partial charge >= 0.3 is 0 Å². The van der Waals surface area contributed by atoms with Crippen LogP contribution >= 0.6 is 0 Å². The second-order valence-corrected chi connectivity index (χ2v) is 5.09. The molecule has 2 N–H and O–H groups in total. The SMILES string of the molecule is CC(N)C(C)N(C)C1CCCCC1C. The maximum Gasteiger partial charge on any atom is 0.0216 e. The van der Waals surface area contributed by atoms with Gasteiger partial charge in [0.25, 0.3) is 0 Å². The minimum atomic E-state index is 0.272. The summed E-state index contributed by atoms with van der Waals surface area (Å²) < 4.78 is 0. The molecule has 2 heteroatoms. The predicted molar refractivity (Wildman–Crippen MR) is 62.3 cm³/mol. The van der Waals surface area contributed by atoms with E-state index in [4.69, 9.17) is 5.73 Å². The Kier molecular flexibility index (Phi) is 4.39. The molecule has 1 fully saturated rings. The van der Waals surface area contributed by atoms with Gasteiger partial charge in [-0.25, -0.2) is 0 Å². The van der Waals surface area contributed by atoms with Crippen LogP contribution in [0.15, 0.2) is 0 Å². The number of hydrogen-bond acceptors (Lipinski definition) is 2. The highest BCUT2D eigenvalue weighted by Crippen LogP contribution is 2.28. The summed E-state index contributed by atoms with van der Waals surface area (Å²) in [6.07, 6.45) is 5.55. The Balaban J connectivity index is 2.53. The minimum Gasteiger partial charge on any atom is -0.327 e. The highest BCUT2D eigenvalue weighted by Gasteiger charge is 2.28. The van der Waals surface area contributed by atoms with Gasteiger partial charge in [0.05, 0.1) is 0 Å². The molecule has 4 unspecified atom stereocenters. The van der Waals surface area contributed by atoms with Crippen molar-refractivity contribution in [2.45, 2.75) is 64.6 Å². The molecule has 1 rings (SSSR count). The zero-order chi connectivity index (χ0) is 10.7. The monoisotopic (exact) mass is 198 g/mol. The molecule has 0 bridgehead atoms. The Morgan fingerprint density at radius 2 is 1.79 bits per heavy atom. The molecule has 2 nitrogen and oxygen atoms in total. The molecule has 0 heterocycles. The maximum atomic E-state index is 5.95. The van der Waals surface area contributed by atoms with Crippen LogP contribution in [0.2, 0.25) is 0 Å². The lowest BCUT2D eigenvalue weighted by atomic mass is 9.84. The van der Waals surface area contributed by atoms with Crippen LogP contribution in [0.4, 0.5) is 0 Å². The molecule has 1 aliphatic rings. The largest absolute Gasteiger partial charge is 0.327 e. The number of nitrogens with zero attached hydrogens (tertiary/aromatic N) is 1. The second kappa shape index (κ2) is 5.13. The lowest BCUT2D eigenvalue weighted by Gasteiger charge is -2.40. The summed E-state index contributed by atoms with van der Waals surface area (Å²) >= 11 is 0. The van der Waals surface area contributed by atoms with Crippen LogP contribution in [0.25, 0.3) is 0 Å². The Morgan fingerprint density at radius 1 is 1.21 bits per heavy atom. The molecule has 84 valence electrons. The van der Waals surface area contributed by atoms with Crippen molar-refractivity contribution in [3.05, 3.63) is 0 Å². The van der Waals surface area contributed by atoms with Gasteiger partial charge in [0.1, 0.15) is 0 Å². The molecule has 0 aliphatic heterocycles. The van der Waals surface area contributed by atoms with Crippen LogP contribution in [0, 0.1) is 5.92 Å². The van der Waals surface area contributed by atoms with Crippen LogP contribution in [0.5, 0.6) is 0 Å². The van der Waals surface area contributed by atoms with E-state index in [-0.39, 0.29) is 6.04 Å². The molecule has 0 aromatic heterocycles. The third kappa shape index (κ3) is 2.71. The first kappa shape index (κ1) is 12.0. The molecular formula is C12H26N2. The lowest BCUT2D eigenvalue weighted by molar-refractivity contribution is 0.0943. The molecule has 1 aliphatic carbocycles. The van der Waals surface area contributed by atoms with E-state index < -0.39 is 0 Å². The molecule has 0 aromatic carbocycles. The van der Waals surface area contributed by atoms with Gasteiger partial charge in [-0.2, -0.15) is 0 Å². The molecule has 0 aromatic rings. The van der Waals surface area contributed by atoms with Gasteiger partial charge in [0.2, 0.25) is 0 Å². The van der Waals surface area contributed by atoms with E-state index in [1.165, 1.54) is 25.7 Å². The van der Waals surface area contributed by atoms with Gasteiger partial charge in [-0.1, -0.05) is 19.8 Å². The summed E-state index contributed by atoms with van der Waals surface area (Å²) in [7, 11) is 2.24. The Labute approximate surface area is 88.8 Å². The van der Waals surface area contributed by atoms with Gasteiger partial charge in [-0.15, -0.1) is 0 Å². The van der Waals surface area contributed by atoms with Crippen molar-refractivity contribution in [1.82, 2.24) is 4.90 Å². The first-order valence-corrected chi connectivity index (χ1v) is 6.01. The quantitative estimate of drug-likeness (QED) is 0.753. The van der Waals surface area contributed by atoms with Gasteiger partial charge in [-0.3, -0.25) is 4.90 Å². The van der Waals surface area contributed by atoms with Crippen molar-refractivity contribution >= 4 is 0 Å². The van der Waals surface area contributed by atoms with E-state index in [0.29, 0.717) is 6.04 Å². The fourth-order valence-corrected chi connectivity index (χ4v) is 2.57. The zero-order valence-corrected chi connectivity index (χ0v) is 10.2. The van der Waals surface area contributed by atoms with Gasteiger partial charge in [0, 0.05) is 18.1 Å². The molecule has 0 radical (unpaired) electrons. The van der Waals surface area contributed by atoms with Crippen LogP contribution in [-0.4, -0.2) is 30.1 Å². The van der Waals surface area contributed by atoms with E-state index >= 15 is 0 Å². The standard InChI is InChI=1S/C12H26N2/c1-9-7-5-6-8-12(9)14(4)11(3)10(2)13/h9-12H,5-8,13H2,1-4H3. The summed E-state index contributed by atoms with van der Waals surface area (Å²) in [6.45, 7) is 6.73. The van der Waals surface area contributed by atoms with E-state index in [2.05, 4.69) is 32.7 Å². The lowest BCUT2D eigenvalue weighted by Crippen LogP contribution is -2.50. The minimum absolute atomic E-state index is 0.272. The van der Waals surface area contributed by atoms with Crippen LogP contribution in [0.1, 0.15) is 46.5 Å². The van der Waals surface area contributed by atoms with Crippen LogP contribution in [0.3, 0.4) is 0 Å². The number of likely N-dealkylation sites (N-methyl/N-ethyl adjacent to an activating group) is 1. The predicted octanol–water partition coefficient (Wildman–Crippen LogP) is 2.23. The molecule has 0 spiro atoms. The molecule has 0 amide bonds. The van der Waals surface area contributed by atoms with E-state index in [1.54, 1.807) is 0 Å². The topological polar surface area (TPSA) is 29.3 Å². The average molecular weight is 198 g/mol. The Hall–Kier alpha value is -0.0800. The van der Waals surface area contributed by atoms with Crippen molar-refractivity contribution in [1.29, 1.82) is 0 Å². The average Bonchev–Trinajstić information content (AvgIpc) is 2.16. The Bertz CT molecular complexity index is 168. The van der Waals surface area contributed by atoms with Crippen molar-refractivity contribution < 1.29 is 0 Å². The normalized spacial score (nSPS) is 33.0. The first-order valence-electron chi connectivity index (χ1n) is 6.01.